The molecule has 11 heavy (non-hydrogen) atoms. The average molecular weight is 156 g/mol. The van der Waals surface area contributed by atoms with Gasteiger partial charge in [0.2, 0.25) is 0 Å². The van der Waals surface area contributed by atoms with Crippen LogP contribution in [0.2, 0.25) is 0 Å². The summed E-state index contributed by atoms with van der Waals surface area (Å²) in [6.45, 7) is 14.3. The third kappa shape index (κ3) is 6.07. The Labute approximate surface area is 70.3 Å². The number of nitrogens with zero attached hydrogens (tertiary/aromatic N) is 1. The fourth-order valence-corrected chi connectivity index (χ4v) is 0.875. The van der Waals surface area contributed by atoms with E-state index in [-0.39, 0.29) is 0 Å². The van der Waals surface area contributed by atoms with Crippen molar-refractivity contribution in [2.24, 2.45) is 0 Å². The molecule has 0 unspecified atom stereocenters. The zero-order valence-electron chi connectivity index (χ0n) is 7.98. The monoisotopic (exact) mass is 156 g/mol. The van der Waals surface area contributed by atoms with Gasteiger partial charge in [0.05, 0.1) is 0 Å². The van der Waals surface area contributed by atoms with E-state index in [0.29, 0.717) is 0 Å². The molecule has 0 aromatic carbocycles. The molecule has 0 aromatic rings. The number of hydrogen-bond acceptors (Lipinski definition) is 2. The molecular weight excluding hydrogens is 136 g/mol. The summed E-state index contributed by atoms with van der Waals surface area (Å²) in [5, 5.41) is 3.31. The van der Waals surface area contributed by atoms with E-state index in [1.165, 1.54) is 5.57 Å². The molecule has 66 valence electrons. The molecule has 1 N–H and O–H groups in total. The van der Waals surface area contributed by atoms with Gasteiger partial charge in [0, 0.05) is 13.2 Å². The summed E-state index contributed by atoms with van der Waals surface area (Å²) in [6, 6.07) is 0. The number of rotatable bonds is 6. The Morgan fingerprint density at radius 1 is 1.36 bits per heavy atom. The largest absolute Gasteiger partial charge is 0.301 e. The standard InChI is InChI=1S/C9H20N2/c1-5-11(6-2)8-10-7-9(3)4/h10H,3,5-8H2,1-2,4H3. The summed E-state index contributed by atoms with van der Waals surface area (Å²) in [7, 11) is 0. The van der Waals surface area contributed by atoms with E-state index >= 15 is 0 Å². The lowest BCUT2D eigenvalue weighted by molar-refractivity contribution is 0.283. The van der Waals surface area contributed by atoms with Gasteiger partial charge in [-0.2, -0.15) is 0 Å². The van der Waals surface area contributed by atoms with Crippen LogP contribution in [0.4, 0.5) is 0 Å². The quantitative estimate of drug-likeness (QED) is 0.462. The molecule has 0 aromatic heterocycles. The van der Waals surface area contributed by atoms with Gasteiger partial charge in [-0.05, 0) is 20.0 Å². The van der Waals surface area contributed by atoms with Gasteiger partial charge in [0.1, 0.15) is 0 Å². The van der Waals surface area contributed by atoms with Crippen molar-refractivity contribution in [2.45, 2.75) is 20.8 Å². The molecule has 0 rings (SSSR count). The zero-order valence-corrected chi connectivity index (χ0v) is 7.98. The average Bonchev–Trinajstić information content (AvgIpc) is 1.98. The summed E-state index contributed by atoms with van der Waals surface area (Å²) in [4.78, 5) is 2.34. The predicted molar refractivity (Wildman–Crippen MR) is 50.6 cm³/mol. The second-order valence-corrected chi connectivity index (χ2v) is 2.85. The smallest absolute Gasteiger partial charge is 0.0482 e. The molecule has 0 saturated heterocycles. The van der Waals surface area contributed by atoms with Crippen LogP contribution in [0.15, 0.2) is 12.2 Å². The van der Waals surface area contributed by atoms with Crippen LogP contribution in [0.1, 0.15) is 20.8 Å². The van der Waals surface area contributed by atoms with E-state index in [9.17, 15) is 0 Å². The van der Waals surface area contributed by atoms with E-state index in [4.69, 9.17) is 0 Å². The summed E-state index contributed by atoms with van der Waals surface area (Å²) < 4.78 is 0. The highest BCUT2D eigenvalue weighted by molar-refractivity contribution is 4.90. The van der Waals surface area contributed by atoms with E-state index in [1.54, 1.807) is 0 Å². The van der Waals surface area contributed by atoms with Crippen molar-refractivity contribution < 1.29 is 0 Å². The highest BCUT2D eigenvalue weighted by Crippen LogP contribution is 1.85. The second kappa shape index (κ2) is 6.38. The summed E-state index contributed by atoms with van der Waals surface area (Å²) in [5.74, 6) is 0. The number of nitrogens with one attached hydrogen (secondary N) is 1. The SMILES string of the molecule is C=C(C)CNCN(CC)CC. The molecule has 0 aliphatic carbocycles. The Morgan fingerprint density at radius 3 is 2.27 bits per heavy atom. The minimum absolute atomic E-state index is 0.927. The van der Waals surface area contributed by atoms with Crippen LogP contribution in [0, 0.1) is 0 Å². The second-order valence-electron chi connectivity index (χ2n) is 2.85. The van der Waals surface area contributed by atoms with Gasteiger partial charge < -0.3 is 5.32 Å². The maximum absolute atomic E-state index is 3.82. The Kier molecular flexibility index (Phi) is 6.18. The molecule has 0 amide bonds. The van der Waals surface area contributed by atoms with Crippen molar-refractivity contribution in [1.29, 1.82) is 0 Å². The van der Waals surface area contributed by atoms with E-state index in [0.717, 1.165) is 26.3 Å². The Balaban J connectivity index is 3.28. The van der Waals surface area contributed by atoms with Gasteiger partial charge in [0.15, 0.2) is 0 Å². The molecule has 0 atom stereocenters. The van der Waals surface area contributed by atoms with Gasteiger partial charge in [-0.3, -0.25) is 4.90 Å². The van der Waals surface area contributed by atoms with Crippen molar-refractivity contribution in [1.82, 2.24) is 10.2 Å². The van der Waals surface area contributed by atoms with Crippen molar-refractivity contribution in [3.05, 3.63) is 12.2 Å². The first-order valence-corrected chi connectivity index (χ1v) is 4.28. The van der Waals surface area contributed by atoms with Crippen molar-refractivity contribution in [2.75, 3.05) is 26.3 Å². The lowest BCUT2D eigenvalue weighted by Crippen LogP contribution is -2.34. The lowest BCUT2D eigenvalue weighted by atomic mass is 10.3. The molecule has 0 radical (unpaired) electrons. The molecule has 0 spiro atoms. The molecule has 0 aliphatic heterocycles. The molecule has 0 saturated carbocycles. The van der Waals surface area contributed by atoms with E-state index in [1.807, 2.05) is 6.92 Å². The topological polar surface area (TPSA) is 15.3 Å². The van der Waals surface area contributed by atoms with E-state index in [2.05, 4.69) is 30.6 Å². The minimum Gasteiger partial charge on any atom is -0.301 e. The summed E-state index contributed by atoms with van der Waals surface area (Å²) >= 11 is 0. The van der Waals surface area contributed by atoms with Crippen molar-refractivity contribution in [3.8, 4) is 0 Å². The van der Waals surface area contributed by atoms with Crippen LogP contribution >= 0.6 is 0 Å². The van der Waals surface area contributed by atoms with Crippen molar-refractivity contribution in [3.63, 3.8) is 0 Å². The van der Waals surface area contributed by atoms with E-state index < -0.39 is 0 Å². The molecule has 0 bridgehead atoms. The Hall–Kier alpha value is -0.340. The Bertz CT molecular complexity index is 106. The van der Waals surface area contributed by atoms with Gasteiger partial charge in [0.25, 0.3) is 0 Å². The van der Waals surface area contributed by atoms with Gasteiger partial charge in [-0.25, -0.2) is 0 Å². The number of hydrogen-bond donors (Lipinski definition) is 1. The predicted octanol–water partition coefficient (Wildman–Crippen LogP) is 1.45. The fraction of sp³-hybridized carbons (Fsp3) is 0.778. The first kappa shape index (κ1) is 10.7. The summed E-state index contributed by atoms with van der Waals surface area (Å²) in [6.07, 6.45) is 0. The third-order valence-electron chi connectivity index (χ3n) is 1.66. The van der Waals surface area contributed by atoms with Crippen LogP contribution in [-0.2, 0) is 0 Å². The zero-order chi connectivity index (χ0) is 8.69. The molecular formula is C9H20N2. The highest BCUT2D eigenvalue weighted by Gasteiger charge is 1.95. The third-order valence-corrected chi connectivity index (χ3v) is 1.66. The normalized spacial score (nSPS) is 10.5. The molecule has 0 heterocycles. The van der Waals surface area contributed by atoms with Crippen LogP contribution in [0.5, 0.6) is 0 Å². The van der Waals surface area contributed by atoms with Gasteiger partial charge >= 0.3 is 0 Å². The first-order chi connectivity index (χ1) is 5.20. The van der Waals surface area contributed by atoms with Crippen LogP contribution in [0.25, 0.3) is 0 Å². The molecule has 2 nitrogen and oxygen atoms in total. The van der Waals surface area contributed by atoms with Gasteiger partial charge in [-0.15, -0.1) is 0 Å². The lowest BCUT2D eigenvalue weighted by Gasteiger charge is -2.18. The van der Waals surface area contributed by atoms with Crippen LogP contribution < -0.4 is 5.32 Å². The van der Waals surface area contributed by atoms with Crippen LogP contribution in [-0.4, -0.2) is 31.2 Å². The van der Waals surface area contributed by atoms with Crippen molar-refractivity contribution >= 4 is 0 Å². The maximum atomic E-state index is 3.82. The molecule has 2 heteroatoms. The van der Waals surface area contributed by atoms with Crippen LogP contribution in [0.3, 0.4) is 0 Å². The Morgan fingerprint density at radius 2 is 1.91 bits per heavy atom. The van der Waals surface area contributed by atoms with Gasteiger partial charge in [-0.1, -0.05) is 26.0 Å². The highest BCUT2D eigenvalue weighted by atomic mass is 15.2. The molecule has 0 fully saturated rings. The minimum atomic E-state index is 0.927. The maximum Gasteiger partial charge on any atom is 0.0482 e. The molecule has 0 aliphatic rings. The first-order valence-electron chi connectivity index (χ1n) is 4.28. The fourth-order valence-electron chi connectivity index (χ4n) is 0.875. The summed E-state index contributed by atoms with van der Waals surface area (Å²) in [5.41, 5.74) is 1.19.